The zero-order chi connectivity index (χ0) is 18.4. The minimum Gasteiger partial charge on any atom is -0.376 e. The molecule has 1 amide bonds. The Morgan fingerprint density at radius 3 is 2.92 bits per heavy atom. The van der Waals surface area contributed by atoms with Crippen molar-refractivity contribution >= 4 is 23.4 Å². The third-order valence-electron chi connectivity index (χ3n) is 4.13. The van der Waals surface area contributed by atoms with E-state index in [0.29, 0.717) is 11.8 Å². The molecule has 6 nitrogen and oxygen atoms in total. The average molecular weight is 373 g/mol. The molecular formula is C19H23N3O3S. The van der Waals surface area contributed by atoms with Gasteiger partial charge < -0.3 is 14.8 Å². The summed E-state index contributed by atoms with van der Waals surface area (Å²) in [7, 11) is 0. The second kappa shape index (κ2) is 9.12. The largest absolute Gasteiger partial charge is 0.376 e. The van der Waals surface area contributed by atoms with Crippen LogP contribution >= 0.6 is 11.8 Å². The molecule has 26 heavy (non-hydrogen) atoms. The van der Waals surface area contributed by atoms with Gasteiger partial charge in [0.25, 0.3) is 5.91 Å². The number of hydrogen-bond acceptors (Lipinski definition) is 6. The van der Waals surface area contributed by atoms with Crippen molar-refractivity contribution in [3.05, 3.63) is 42.2 Å². The van der Waals surface area contributed by atoms with E-state index in [1.807, 2.05) is 25.1 Å². The fourth-order valence-electron chi connectivity index (χ4n) is 2.62. The van der Waals surface area contributed by atoms with E-state index in [0.717, 1.165) is 35.6 Å². The molecule has 1 saturated heterocycles. The molecule has 2 heterocycles. The molecule has 1 aromatic heterocycles. The van der Waals surface area contributed by atoms with E-state index in [1.54, 1.807) is 25.4 Å². The number of aryl methyl sites for hydroxylation is 1. The van der Waals surface area contributed by atoms with Crippen molar-refractivity contribution in [3.63, 3.8) is 0 Å². The molecule has 1 aromatic carbocycles. The Kier molecular flexibility index (Phi) is 6.60. The summed E-state index contributed by atoms with van der Waals surface area (Å²) in [6, 6.07) is 7.64. The first kappa shape index (κ1) is 18.8. The maximum absolute atomic E-state index is 12.3. The van der Waals surface area contributed by atoms with E-state index in [9.17, 15) is 4.79 Å². The Morgan fingerprint density at radius 2 is 2.23 bits per heavy atom. The molecule has 0 spiro atoms. The molecule has 7 heteroatoms. The number of carbonyl (C=O) groups excluding carboxylic acids is 1. The molecule has 1 aliphatic rings. The summed E-state index contributed by atoms with van der Waals surface area (Å²) in [6.45, 7) is 4.96. The van der Waals surface area contributed by atoms with Crippen molar-refractivity contribution in [3.8, 4) is 0 Å². The zero-order valence-electron chi connectivity index (χ0n) is 15.0. The van der Waals surface area contributed by atoms with E-state index in [-0.39, 0.29) is 12.0 Å². The van der Waals surface area contributed by atoms with Crippen LogP contribution in [0.5, 0.6) is 0 Å². The van der Waals surface area contributed by atoms with Crippen molar-refractivity contribution in [2.24, 2.45) is 0 Å². The van der Waals surface area contributed by atoms with E-state index < -0.39 is 6.10 Å². The van der Waals surface area contributed by atoms with Crippen molar-refractivity contribution < 1.29 is 14.3 Å². The number of rotatable bonds is 7. The lowest BCUT2D eigenvalue weighted by molar-refractivity contribution is -0.128. The molecule has 0 radical (unpaired) electrons. The van der Waals surface area contributed by atoms with Crippen LogP contribution in [0.3, 0.4) is 0 Å². The van der Waals surface area contributed by atoms with Gasteiger partial charge in [0.15, 0.2) is 5.16 Å². The highest BCUT2D eigenvalue weighted by molar-refractivity contribution is 7.99. The summed E-state index contributed by atoms with van der Waals surface area (Å²) < 4.78 is 11.2. The molecule has 2 aromatic rings. The van der Waals surface area contributed by atoms with Crippen LogP contribution in [0.2, 0.25) is 0 Å². The van der Waals surface area contributed by atoms with Gasteiger partial charge in [-0.05, 0) is 68.3 Å². The summed E-state index contributed by atoms with van der Waals surface area (Å²) in [5, 5.41) is 3.63. The van der Waals surface area contributed by atoms with Crippen molar-refractivity contribution in [1.82, 2.24) is 9.97 Å². The highest BCUT2D eigenvalue weighted by atomic mass is 32.2. The van der Waals surface area contributed by atoms with Crippen LogP contribution in [-0.4, -0.2) is 41.3 Å². The number of hydrogen-bond donors (Lipinski definition) is 1. The third kappa shape index (κ3) is 5.27. The molecule has 1 fully saturated rings. The van der Waals surface area contributed by atoms with Crippen molar-refractivity contribution in [1.29, 1.82) is 0 Å². The molecule has 1 aliphatic heterocycles. The molecule has 0 aliphatic carbocycles. The van der Waals surface area contributed by atoms with Crippen LogP contribution in [0.1, 0.15) is 25.3 Å². The van der Waals surface area contributed by atoms with E-state index in [4.69, 9.17) is 9.47 Å². The average Bonchev–Trinajstić information content (AvgIpc) is 3.16. The monoisotopic (exact) mass is 373 g/mol. The lowest BCUT2D eigenvalue weighted by Gasteiger charge is -2.17. The SMILES string of the molecule is Cc1cc(Sc2ncccn2)ccc1NC(=O)C(C)OCC1CCCO1. The van der Waals surface area contributed by atoms with Crippen LogP contribution in [0.25, 0.3) is 0 Å². The molecule has 1 N–H and O–H groups in total. The number of amides is 1. The smallest absolute Gasteiger partial charge is 0.253 e. The number of anilines is 1. The minimum absolute atomic E-state index is 0.114. The first-order valence-electron chi connectivity index (χ1n) is 8.71. The standard InChI is InChI=1S/C19H23N3O3S/c1-13-11-16(26-19-20-8-4-9-21-19)6-7-17(13)22-18(23)14(2)25-12-15-5-3-10-24-15/h4,6-9,11,14-15H,3,5,10,12H2,1-2H3,(H,22,23). The molecule has 138 valence electrons. The fourth-order valence-corrected chi connectivity index (χ4v) is 3.43. The predicted molar refractivity (Wildman–Crippen MR) is 100 cm³/mol. The van der Waals surface area contributed by atoms with Gasteiger partial charge in [0.05, 0.1) is 12.7 Å². The normalized spacial score (nSPS) is 17.8. The van der Waals surface area contributed by atoms with Gasteiger partial charge >= 0.3 is 0 Å². The van der Waals surface area contributed by atoms with Crippen LogP contribution in [0.15, 0.2) is 46.7 Å². The van der Waals surface area contributed by atoms with Gasteiger partial charge in [0.1, 0.15) is 6.10 Å². The van der Waals surface area contributed by atoms with Crippen LogP contribution in [0.4, 0.5) is 5.69 Å². The van der Waals surface area contributed by atoms with Crippen LogP contribution in [-0.2, 0) is 14.3 Å². The third-order valence-corrected chi connectivity index (χ3v) is 5.02. The Balaban J connectivity index is 1.54. The van der Waals surface area contributed by atoms with Crippen molar-refractivity contribution in [2.75, 3.05) is 18.5 Å². The molecule has 2 unspecified atom stereocenters. The lowest BCUT2D eigenvalue weighted by atomic mass is 10.2. The lowest BCUT2D eigenvalue weighted by Crippen LogP contribution is -2.30. The Bertz CT molecular complexity index is 736. The zero-order valence-corrected chi connectivity index (χ0v) is 15.8. The number of aromatic nitrogens is 2. The van der Waals surface area contributed by atoms with Gasteiger partial charge in [0.2, 0.25) is 0 Å². The van der Waals surface area contributed by atoms with Gasteiger partial charge in [-0.25, -0.2) is 9.97 Å². The number of benzene rings is 1. The summed E-state index contributed by atoms with van der Waals surface area (Å²) >= 11 is 1.48. The van der Waals surface area contributed by atoms with Gasteiger partial charge in [-0.2, -0.15) is 0 Å². The number of nitrogens with zero attached hydrogens (tertiary/aromatic N) is 2. The highest BCUT2D eigenvalue weighted by Crippen LogP contribution is 2.28. The number of carbonyl (C=O) groups is 1. The highest BCUT2D eigenvalue weighted by Gasteiger charge is 2.20. The molecule has 0 saturated carbocycles. The van der Waals surface area contributed by atoms with Crippen LogP contribution < -0.4 is 5.32 Å². The van der Waals surface area contributed by atoms with E-state index >= 15 is 0 Å². The van der Waals surface area contributed by atoms with E-state index in [2.05, 4.69) is 15.3 Å². The van der Waals surface area contributed by atoms with Gasteiger partial charge in [0, 0.05) is 29.6 Å². The van der Waals surface area contributed by atoms with Gasteiger partial charge in [-0.1, -0.05) is 0 Å². The van der Waals surface area contributed by atoms with Crippen LogP contribution in [0, 0.1) is 6.92 Å². The fraction of sp³-hybridized carbons (Fsp3) is 0.421. The van der Waals surface area contributed by atoms with Crippen molar-refractivity contribution in [2.45, 2.75) is 48.9 Å². The maximum Gasteiger partial charge on any atom is 0.253 e. The number of ether oxygens (including phenoxy) is 2. The summed E-state index contributed by atoms with van der Waals surface area (Å²) in [6.07, 6.45) is 5.09. The quantitative estimate of drug-likeness (QED) is 0.749. The Labute approximate surface area is 157 Å². The maximum atomic E-state index is 12.3. The second-order valence-corrected chi connectivity index (χ2v) is 7.25. The number of nitrogens with one attached hydrogen (secondary N) is 1. The molecule has 3 rings (SSSR count). The molecular weight excluding hydrogens is 350 g/mol. The topological polar surface area (TPSA) is 73.3 Å². The first-order chi connectivity index (χ1) is 12.6. The Morgan fingerprint density at radius 1 is 1.42 bits per heavy atom. The molecule has 2 atom stereocenters. The summed E-state index contributed by atoms with van der Waals surface area (Å²) in [5.41, 5.74) is 1.76. The summed E-state index contributed by atoms with van der Waals surface area (Å²) in [4.78, 5) is 21.8. The second-order valence-electron chi connectivity index (χ2n) is 6.21. The summed E-state index contributed by atoms with van der Waals surface area (Å²) in [5.74, 6) is -0.155. The van der Waals surface area contributed by atoms with Gasteiger partial charge in [-0.3, -0.25) is 4.79 Å². The van der Waals surface area contributed by atoms with Gasteiger partial charge in [-0.15, -0.1) is 0 Å². The predicted octanol–water partition coefficient (Wildman–Crippen LogP) is 3.46. The van der Waals surface area contributed by atoms with E-state index in [1.165, 1.54) is 11.8 Å². The molecule has 0 bridgehead atoms. The first-order valence-corrected chi connectivity index (χ1v) is 9.53. The minimum atomic E-state index is -0.523. The Hall–Kier alpha value is -1.96.